The van der Waals surface area contributed by atoms with E-state index in [0.29, 0.717) is 26.4 Å². The number of aliphatic imine (C=N–C) groups is 1. The molecule has 3 aromatic rings. The molecule has 1 aromatic heterocycles. The molecule has 0 spiro atoms. The number of nitrogens with two attached hydrogens (primary N) is 1. The molecule has 180 valence electrons. The first-order chi connectivity index (χ1) is 15.8. The molecule has 1 heterocycles. The molecule has 0 amide bonds. The predicted molar refractivity (Wildman–Crippen MR) is 130 cm³/mol. The number of aliphatic hydroxyl groups excluding tert-OH is 1. The van der Waals surface area contributed by atoms with Crippen LogP contribution in [-0.2, 0) is 16.4 Å². The Labute approximate surface area is 207 Å². The van der Waals surface area contributed by atoms with Gasteiger partial charge in [0.15, 0.2) is 9.84 Å². The van der Waals surface area contributed by atoms with E-state index in [1.54, 1.807) is 12.1 Å². The average molecular weight is 549 g/mol. The third-order valence-electron chi connectivity index (χ3n) is 4.55. The monoisotopic (exact) mass is 548 g/mol. The summed E-state index contributed by atoms with van der Waals surface area (Å²) in [4.78, 5) is 5.11. The number of benzene rings is 2. The second-order valence-electron chi connectivity index (χ2n) is 7.11. The normalized spacial score (nSPS) is 13.4. The predicted octanol–water partition coefficient (Wildman–Crippen LogP) is 6.14. The first kappa shape index (κ1) is 26.2. The Balaban J connectivity index is 2.15. The summed E-state index contributed by atoms with van der Waals surface area (Å²) < 4.78 is 63.6. The van der Waals surface area contributed by atoms with E-state index in [9.17, 15) is 26.7 Å². The molecule has 0 unspecified atom stereocenters. The van der Waals surface area contributed by atoms with E-state index < -0.39 is 28.3 Å². The van der Waals surface area contributed by atoms with E-state index in [0.717, 1.165) is 17.6 Å². The van der Waals surface area contributed by atoms with Crippen LogP contribution in [0.5, 0.6) is 0 Å². The quantitative estimate of drug-likeness (QED) is 0.361. The van der Waals surface area contributed by atoms with Gasteiger partial charge in [-0.1, -0.05) is 35.3 Å². The summed E-state index contributed by atoms with van der Waals surface area (Å²) in [5, 5.41) is 9.91. The maximum absolute atomic E-state index is 13.1. The second kappa shape index (κ2) is 10.1. The summed E-state index contributed by atoms with van der Waals surface area (Å²) in [5.41, 5.74) is 4.67. The summed E-state index contributed by atoms with van der Waals surface area (Å²) in [5.74, 6) is 0. The fourth-order valence-electron chi connectivity index (χ4n) is 2.90. The molecule has 2 aromatic carbocycles. The summed E-state index contributed by atoms with van der Waals surface area (Å²) >= 11 is 13.2. The zero-order valence-corrected chi connectivity index (χ0v) is 20.5. The molecule has 0 saturated carbocycles. The van der Waals surface area contributed by atoms with Gasteiger partial charge in [0, 0.05) is 16.2 Å². The van der Waals surface area contributed by atoms with Gasteiger partial charge in [-0.15, -0.1) is 11.3 Å². The minimum absolute atomic E-state index is 0.0386. The lowest BCUT2D eigenvalue weighted by Crippen LogP contribution is -2.20. The standard InChI is InChI=1S/C22H17Cl2F3N2O3S2/c1-34(31,32)20-8-12(2-3-13(20)11-30)18-6-7-19(33-18)17(10-21(28)22(25,26)27)29-16-9-14(23)4-5-15(16)24/h2-10,30H,11,28H2,1H3/b21-10-,29-17?. The zero-order valence-electron chi connectivity index (χ0n) is 17.4. The highest BCUT2D eigenvalue weighted by molar-refractivity contribution is 7.90. The highest BCUT2D eigenvalue weighted by Gasteiger charge is 2.32. The van der Waals surface area contributed by atoms with Crippen LogP contribution in [0, 0.1) is 0 Å². The van der Waals surface area contributed by atoms with Crippen LogP contribution in [0.1, 0.15) is 10.4 Å². The summed E-state index contributed by atoms with van der Waals surface area (Å²) in [6.45, 7) is -0.461. The van der Waals surface area contributed by atoms with Crippen LogP contribution >= 0.6 is 34.5 Å². The van der Waals surface area contributed by atoms with Crippen LogP contribution < -0.4 is 5.73 Å². The fraction of sp³-hybridized carbons (Fsp3) is 0.136. The number of sulfone groups is 1. The van der Waals surface area contributed by atoms with Gasteiger partial charge in [0.2, 0.25) is 0 Å². The van der Waals surface area contributed by atoms with Crippen molar-refractivity contribution in [2.24, 2.45) is 10.7 Å². The van der Waals surface area contributed by atoms with Crippen LogP contribution in [0.4, 0.5) is 18.9 Å². The Hall–Kier alpha value is -2.37. The first-order valence-corrected chi connectivity index (χ1v) is 12.9. The maximum Gasteiger partial charge on any atom is 0.430 e. The molecule has 0 aliphatic carbocycles. The van der Waals surface area contributed by atoms with Crippen LogP contribution in [0.15, 0.2) is 70.2 Å². The van der Waals surface area contributed by atoms with Gasteiger partial charge in [-0.05, 0) is 53.6 Å². The maximum atomic E-state index is 13.1. The number of hydrogen-bond acceptors (Lipinski definition) is 6. The van der Waals surface area contributed by atoms with Crippen molar-refractivity contribution in [3.05, 3.63) is 80.8 Å². The number of rotatable bonds is 6. The van der Waals surface area contributed by atoms with E-state index in [4.69, 9.17) is 28.9 Å². The molecular formula is C22H17Cl2F3N2O3S2. The van der Waals surface area contributed by atoms with Crippen molar-refractivity contribution >= 4 is 55.8 Å². The molecule has 0 aliphatic rings. The molecule has 0 saturated heterocycles. The Bertz CT molecular complexity index is 1400. The number of aliphatic hydroxyl groups is 1. The third kappa shape index (κ3) is 6.19. The Morgan fingerprint density at radius 1 is 1.15 bits per heavy atom. The van der Waals surface area contributed by atoms with E-state index >= 15 is 0 Å². The van der Waals surface area contributed by atoms with Gasteiger partial charge in [-0.3, -0.25) is 0 Å². The average Bonchev–Trinajstić information content (AvgIpc) is 3.24. The number of alkyl halides is 3. The van der Waals surface area contributed by atoms with Crippen molar-refractivity contribution in [3.63, 3.8) is 0 Å². The molecule has 0 fully saturated rings. The van der Waals surface area contributed by atoms with Crippen molar-refractivity contribution in [2.45, 2.75) is 17.7 Å². The zero-order chi connectivity index (χ0) is 25.3. The van der Waals surface area contributed by atoms with Crippen LogP contribution in [0.2, 0.25) is 10.0 Å². The molecular weight excluding hydrogens is 532 g/mol. The van der Waals surface area contributed by atoms with Crippen molar-refractivity contribution in [1.82, 2.24) is 0 Å². The van der Waals surface area contributed by atoms with Crippen molar-refractivity contribution < 1.29 is 26.7 Å². The molecule has 12 heteroatoms. The lowest BCUT2D eigenvalue weighted by Gasteiger charge is -2.08. The summed E-state index contributed by atoms with van der Waals surface area (Å²) in [6.07, 6.45) is -3.05. The lowest BCUT2D eigenvalue weighted by molar-refractivity contribution is -0.0925. The topological polar surface area (TPSA) is 92.8 Å². The molecule has 0 radical (unpaired) electrons. The van der Waals surface area contributed by atoms with E-state index in [-0.39, 0.29) is 26.9 Å². The molecule has 5 nitrogen and oxygen atoms in total. The molecule has 3 N–H and O–H groups in total. The van der Waals surface area contributed by atoms with Gasteiger partial charge < -0.3 is 10.8 Å². The number of thiophene rings is 1. The van der Waals surface area contributed by atoms with Crippen molar-refractivity contribution in [2.75, 3.05) is 6.26 Å². The van der Waals surface area contributed by atoms with Gasteiger partial charge in [-0.25, -0.2) is 13.4 Å². The van der Waals surface area contributed by atoms with Gasteiger partial charge >= 0.3 is 6.18 Å². The fourth-order valence-corrected chi connectivity index (χ4v) is 5.14. The molecule has 3 rings (SSSR count). The SMILES string of the molecule is CS(=O)(=O)c1cc(-c2ccc(C(/C=C(\N)C(F)(F)F)=Nc3cc(Cl)ccc3Cl)s2)ccc1CO. The first-order valence-electron chi connectivity index (χ1n) is 9.42. The number of hydrogen-bond donors (Lipinski definition) is 2. The van der Waals surface area contributed by atoms with Crippen LogP contribution in [-0.4, -0.2) is 31.7 Å². The van der Waals surface area contributed by atoms with E-state index in [1.807, 2.05) is 0 Å². The van der Waals surface area contributed by atoms with Gasteiger partial charge in [-0.2, -0.15) is 13.2 Å². The number of nitrogens with zero attached hydrogens (tertiary/aromatic N) is 1. The molecule has 0 bridgehead atoms. The Morgan fingerprint density at radius 3 is 2.47 bits per heavy atom. The van der Waals surface area contributed by atoms with Crippen molar-refractivity contribution in [1.29, 1.82) is 0 Å². The van der Waals surface area contributed by atoms with Crippen molar-refractivity contribution in [3.8, 4) is 10.4 Å². The van der Waals surface area contributed by atoms with Gasteiger partial charge in [0.1, 0.15) is 5.70 Å². The number of allylic oxidation sites excluding steroid dienone is 2. The summed E-state index contributed by atoms with van der Waals surface area (Å²) in [7, 11) is -3.62. The van der Waals surface area contributed by atoms with Gasteiger partial charge in [0.25, 0.3) is 0 Å². The molecule has 0 atom stereocenters. The van der Waals surface area contributed by atoms with Gasteiger partial charge in [0.05, 0.1) is 32.8 Å². The minimum Gasteiger partial charge on any atom is -0.395 e. The largest absolute Gasteiger partial charge is 0.430 e. The minimum atomic E-state index is -4.77. The van der Waals surface area contributed by atoms with Crippen LogP contribution in [0.3, 0.4) is 0 Å². The van der Waals surface area contributed by atoms with E-state index in [2.05, 4.69) is 4.99 Å². The Morgan fingerprint density at radius 2 is 1.85 bits per heavy atom. The van der Waals surface area contributed by atoms with Crippen LogP contribution in [0.25, 0.3) is 10.4 Å². The highest BCUT2D eigenvalue weighted by atomic mass is 35.5. The number of halogens is 5. The third-order valence-corrected chi connectivity index (χ3v) is 7.44. The second-order valence-corrected chi connectivity index (χ2v) is 11.0. The molecule has 0 aliphatic heterocycles. The van der Waals surface area contributed by atoms with E-state index in [1.165, 1.54) is 36.4 Å². The summed E-state index contributed by atoms with van der Waals surface area (Å²) in [6, 6.07) is 12.0. The Kier molecular flexibility index (Phi) is 7.79. The molecule has 34 heavy (non-hydrogen) atoms. The highest BCUT2D eigenvalue weighted by Crippen LogP contribution is 2.34. The smallest absolute Gasteiger partial charge is 0.395 e. The lowest BCUT2D eigenvalue weighted by atomic mass is 10.1.